The number of carboxylic acids is 1. The summed E-state index contributed by atoms with van der Waals surface area (Å²) in [4.78, 5) is 33.9. The third kappa shape index (κ3) is 6.92. The van der Waals surface area contributed by atoms with Crippen molar-refractivity contribution in [2.24, 2.45) is 0 Å². The van der Waals surface area contributed by atoms with Gasteiger partial charge in [0, 0.05) is 55.1 Å². The highest BCUT2D eigenvalue weighted by atomic mass is 35.5. The Hall–Kier alpha value is -2.35. The van der Waals surface area contributed by atoms with Gasteiger partial charge in [-0.1, -0.05) is 29.9 Å². The van der Waals surface area contributed by atoms with E-state index < -0.39 is 12.2 Å². The Morgan fingerprint density at radius 3 is 2.77 bits per heavy atom. The van der Waals surface area contributed by atoms with Crippen molar-refractivity contribution in [3.63, 3.8) is 0 Å². The van der Waals surface area contributed by atoms with Crippen molar-refractivity contribution in [1.82, 2.24) is 24.8 Å². The summed E-state index contributed by atoms with van der Waals surface area (Å²) < 4.78 is 0. The number of piperazine rings is 1. The highest BCUT2D eigenvalue weighted by Crippen LogP contribution is 2.38. The minimum absolute atomic E-state index is 0.143. The van der Waals surface area contributed by atoms with E-state index in [4.69, 9.17) is 21.7 Å². The van der Waals surface area contributed by atoms with E-state index in [-0.39, 0.29) is 12.5 Å². The number of aliphatic carboxylic acids is 1. The van der Waals surface area contributed by atoms with E-state index in [1.54, 1.807) is 35.1 Å². The topological polar surface area (TPSA) is 118 Å². The van der Waals surface area contributed by atoms with Crippen molar-refractivity contribution in [1.29, 1.82) is 0 Å². The number of aromatic nitrogens is 3. The van der Waals surface area contributed by atoms with Crippen LogP contribution in [0.2, 0.25) is 5.02 Å². The van der Waals surface area contributed by atoms with E-state index in [2.05, 4.69) is 43.8 Å². The maximum atomic E-state index is 11.0. The fourth-order valence-electron chi connectivity index (χ4n) is 5.50. The van der Waals surface area contributed by atoms with Crippen LogP contribution in [0.15, 0.2) is 23.8 Å². The predicted molar refractivity (Wildman–Crippen MR) is 160 cm³/mol. The Balaban J connectivity index is 1.25. The highest BCUT2D eigenvalue weighted by molar-refractivity contribution is 7.17. The van der Waals surface area contributed by atoms with Crippen molar-refractivity contribution in [3.05, 3.63) is 39.4 Å². The molecule has 5 heterocycles. The quantitative estimate of drug-likeness (QED) is 0.264. The summed E-state index contributed by atoms with van der Waals surface area (Å²) >= 11 is 9.37. The fraction of sp³-hybridized carbons (Fsp3) is 0.556. The Labute approximate surface area is 247 Å². The molecule has 0 bridgehead atoms. The number of likely N-dealkylation sites (tertiary alicyclic amines) is 1. The second kappa shape index (κ2) is 13.1. The molecule has 0 spiro atoms. The maximum absolute atomic E-state index is 11.0. The Kier molecular flexibility index (Phi) is 9.54. The molecule has 10 nitrogen and oxygen atoms in total. The monoisotopic (exact) mass is 605 g/mol. The molecule has 0 saturated carbocycles. The normalized spacial score (nSPS) is 21.1. The zero-order valence-electron chi connectivity index (χ0n) is 22.8. The van der Waals surface area contributed by atoms with Gasteiger partial charge in [0.25, 0.3) is 0 Å². The van der Waals surface area contributed by atoms with Gasteiger partial charge in [-0.2, -0.15) is 0 Å². The molecule has 3 aromatic rings. The number of hydrogen-bond donors (Lipinski definition) is 3. The van der Waals surface area contributed by atoms with Crippen LogP contribution < -0.4 is 10.2 Å². The van der Waals surface area contributed by atoms with Crippen LogP contribution in [0.25, 0.3) is 10.6 Å². The third-order valence-corrected chi connectivity index (χ3v) is 9.97. The summed E-state index contributed by atoms with van der Waals surface area (Å²) in [6.07, 6.45) is 5.95. The van der Waals surface area contributed by atoms with Crippen LogP contribution in [0.3, 0.4) is 0 Å². The number of halogens is 1. The van der Waals surface area contributed by atoms with E-state index in [9.17, 15) is 9.90 Å². The van der Waals surface area contributed by atoms with Gasteiger partial charge in [-0.05, 0) is 38.8 Å². The lowest BCUT2D eigenvalue weighted by molar-refractivity contribution is -0.137. The summed E-state index contributed by atoms with van der Waals surface area (Å²) in [6.45, 7) is 9.05. The largest absolute Gasteiger partial charge is 0.481 e. The lowest BCUT2D eigenvalue weighted by Crippen LogP contribution is -2.52. The number of rotatable bonds is 11. The summed E-state index contributed by atoms with van der Waals surface area (Å²) in [7, 11) is 0. The average Bonchev–Trinajstić information content (AvgIpc) is 3.68. The van der Waals surface area contributed by atoms with Crippen molar-refractivity contribution in [2.45, 2.75) is 64.4 Å². The van der Waals surface area contributed by atoms with Gasteiger partial charge in [0.1, 0.15) is 11.5 Å². The summed E-state index contributed by atoms with van der Waals surface area (Å²) in [6, 6.07) is 2.75. The zero-order chi connectivity index (χ0) is 28.2. The van der Waals surface area contributed by atoms with Gasteiger partial charge in [0.15, 0.2) is 11.4 Å². The molecule has 2 aliphatic rings. The molecule has 0 amide bonds. The second-order valence-electron chi connectivity index (χ2n) is 10.4. The second-order valence-corrected chi connectivity index (χ2v) is 12.8. The van der Waals surface area contributed by atoms with Crippen LogP contribution in [-0.2, 0) is 11.3 Å². The van der Waals surface area contributed by atoms with Gasteiger partial charge in [-0.15, -0.1) is 11.3 Å². The molecule has 3 N–H and O–H groups in total. The van der Waals surface area contributed by atoms with Gasteiger partial charge < -0.3 is 20.4 Å². The number of nitrogens with zero attached hydrogens (tertiary/aromatic N) is 6. The van der Waals surface area contributed by atoms with Gasteiger partial charge in [-0.25, -0.2) is 9.97 Å². The van der Waals surface area contributed by atoms with Crippen molar-refractivity contribution in [2.75, 3.05) is 42.9 Å². The number of thiazole rings is 1. The number of nitrogens with one attached hydrogen (secondary N) is 1. The lowest BCUT2D eigenvalue weighted by atomic mass is 10.1. The minimum Gasteiger partial charge on any atom is -0.481 e. The van der Waals surface area contributed by atoms with E-state index >= 15 is 0 Å². The molecule has 3 atom stereocenters. The Morgan fingerprint density at radius 1 is 1.25 bits per heavy atom. The van der Waals surface area contributed by atoms with Gasteiger partial charge in [0.2, 0.25) is 0 Å². The summed E-state index contributed by atoms with van der Waals surface area (Å²) in [5, 5.41) is 26.3. The van der Waals surface area contributed by atoms with E-state index in [0.717, 1.165) is 60.4 Å². The first-order chi connectivity index (χ1) is 19.3. The molecule has 0 aromatic carbocycles. The average molecular weight is 606 g/mol. The van der Waals surface area contributed by atoms with Crippen LogP contribution in [0.5, 0.6) is 0 Å². The number of aliphatic hydroxyl groups excluding tert-OH is 1. The summed E-state index contributed by atoms with van der Waals surface area (Å²) in [5.41, 5.74) is 1.33. The Bertz CT molecular complexity index is 1290. The molecule has 5 rings (SSSR count). The lowest BCUT2D eigenvalue weighted by Gasteiger charge is -2.40. The third-order valence-electron chi connectivity index (χ3n) is 7.72. The molecule has 0 aliphatic carbocycles. The molecule has 13 heteroatoms. The van der Waals surface area contributed by atoms with E-state index in [1.165, 1.54) is 12.8 Å². The van der Waals surface area contributed by atoms with E-state index in [0.29, 0.717) is 28.4 Å². The molecule has 40 heavy (non-hydrogen) atoms. The molecular formula is C27H36ClN7O3S2. The van der Waals surface area contributed by atoms with Crippen LogP contribution >= 0.6 is 34.3 Å². The highest BCUT2D eigenvalue weighted by Gasteiger charge is 2.27. The smallest absolute Gasteiger partial charge is 0.304 e. The maximum Gasteiger partial charge on any atom is 0.304 e. The van der Waals surface area contributed by atoms with Crippen molar-refractivity contribution < 1.29 is 15.0 Å². The van der Waals surface area contributed by atoms with Crippen LogP contribution in [0, 0.1) is 0 Å². The molecular weight excluding hydrogens is 570 g/mol. The first-order valence-electron chi connectivity index (χ1n) is 13.8. The van der Waals surface area contributed by atoms with Crippen molar-refractivity contribution >= 4 is 51.2 Å². The number of anilines is 2. The van der Waals surface area contributed by atoms with Crippen LogP contribution in [0.4, 0.5) is 10.9 Å². The number of carboxylic acid groups (broad SMARTS) is 1. The number of carbonyl (C=O) groups is 1. The molecule has 1 unspecified atom stereocenters. The van der Waals surface area contributed by atoms with Gasteiger partial charge in [-0.3, -0.25) is 19.6 Å². The Morgan fingerprint density at radius 2 is 2.10 bits per heavy atom. The van der Waals surface area contributed by atoms with E-state index in [1.807, 2.05) is 11.4 Å². The van der Waals surface area contributed by atoms with Gasteiger partial charge in [0.05, 0.1) is 34.4 Å². The SMILES string of the molecule is CC[C@@H]1CCCN1Cc1sc(NC(O)c2cnc(N3CCN(CCC(=O)O)[C@H](C)C3)cn2)nc1-c1cc(Cl)cs1. The van der Waals surface area contributed by atoms with Crippen LogP contribution in [0.1, 0.15) is 56.3 Å². The molecule has 2 saturated heterocycles. The van der Waals surface area contributed by atoms with Gasteiger partial charge >= 0.3 is 5.97 Å². The predicted octanol–water partition coefficient (Wildman–Crippen LogP) is 4.78. The molecule has 3 aromatic heterocycles. The number of hydrogen-bond acceptors (Lipinski definition) is 11. The first-order valence-corrected chi connectivity index (χ1v) is 15.8. The molecule has 216 valence electrons. The molecule has 2 fully saturated rings. The molecule has 0 radical (unpaired) electrons. The standard InChI is InChI=1S/C27H36ClN7O3S2/c1-3-19-5-4-7-34(19)15-22-25(21-11-18(28)16-39-21)31-27(40-22)32-26(38)20-12-30-23(13-29-20)35-10-9-33(17(2)14-35)8-6-24(36)37/h11-13,16-17,19,26,38H,3-10,14-15H2,1-2H3,(H,31,32)(H,36,37)/t17-,19-,26?/m1/s1. The number of thiophene rings is 1. The first kappa shape index (κ1) is 29.2. The zero-order valence-corrected chi connectivity index (χ0v) is 25.2. The number of aliphatic hydroxyl groups is 1. The minimum atomic E-state index is -1.05. The summed E-state index contributed by atoms with van der Waals surface area (Å²) in [5.74, 6) is -0.0359. The van der Waals surface area contributed by atoms with Crippen molar-refractivity contribution in [3.8, 4) is 10.6 Å². The molecule has 2 aliphatic heterocycles. The fourth-order valence-corrected chi connectivity index (χ4v) is 7.68. The van der Waals surface area contributed by atoms with Crippen LogP contribution in [-0.4, -0.2) is 85.7 Å².